The average molecular weight is 384 g/mol. The van der Waals surface area contributed by atoms with Gasteiger partial charge in [0, 0.05) is 24.0 Å². The molecule has 0 spiro atoms. The lowest BCUT2D eigenvalue weighted by Gasteiger charge is -2.15. The van der Waals surface area contributed by atoms with Crippen molar-refractivity contribution < 1.29 is 23.9 Å². The fourth-order valence-electron chi connectivity index (χ4n) is 2.48. The second-order valence-corrected chi connectivity index (χ2v) is 6.15. The van der Waals surface area contributed by atoms with Crippen LogP contribution in [0.25, 0.3) is 5.69 Å². The number of rotatable bonds is 7. The van der Waals surface area contributed by atoms with Crippen LogP contribution in [0, 0.1) is 0 Å². The maximum atomic E-state index is 12.4. The van der Waals surface area contributed by atoms with Crippen LogP contribution in [0.1, 0.15) is 23.2 Å². The Hall–Kier alpha value is -3.62. The lowest BCUT2D eigenvalue weighted by Crippen LogP contribution is -2.25. The second-order valence-electron chi connectivity index (χ2n) is 6.15. The van der Waals surface area contributed by atoms with Crippen LogP contribution in [0.5, 0.6) is 0 Å². The minimum atomic E-state index is -0.755. The summed E-state index contributed by atoms with van der Waals surface area (Å²) in [6.45, 7) is 0. The molecule has 1 aliphatic carbocycles. The van der Waals surface area contributed by atoms with Gasteiger partial charge in [-0.1, -0.05) is 0 Å². The number of benzene rings is 1. The Labute approximate surface area is 161 Å². The summed E-state index contributed by atoms with van der Waals surface area (Å²) < 4.78 is 11.0. The molecule has 1 aromatic carbocycles. The molecule has 1 saturated carbocycles. The summed E-state index contributed by atoms with van der Waals surface area (Å²) in [5.74, 6) is -1.69. The van der Waals surface area contributed by atoms with Gasteiger partial charge in [-0.25, -0.2) is 14.6 Å². The van der Waals surface area contributed by atoms with Crippen LogP contribution in [0.4, 0.5) is 5.69 Å². The Morgan fingerprint density at radius 2 is 2.00 bits per heavy atom. The Balaban J connectivity index is 1.99. The lowest BCUT2D eigenvalue weighted by molar-refractivity contribution is -0.138. The lowest BCUT2D eigenvalue weighted by atomic mass is 10.1. The van der Waals surface area contributed by atoms with Gasteiger partial charge in [-0.15, -0.1) is 0 Å². The van der Waals surface area contributed by atoms with E-state index in [0.717, 1.165) is 18.9 Å². The topological polar surface area (TPSA) is 112 Å². The maximum absolute atomic E-state index is 12.4. The van der Waals surface area contributed by atoms with E-state index in [-0.39, 0.29) is 17.6 Å². The number of amides is 1. The van der Waals surface area contributed by atoms with Crippen molar-refractivity contribution in [3.05, 3.63) is 54.3 Å². The molecule has 9 heteroatoms. The van der Waals surface area contributed by atoms with Gasteiger partial charge in [-0.2, -0.15) is 0 Å². The molecule has 9 nitrogen and oxygen atoms in total. The zero-order chi connectivity index (χ0) is 20.1. The summed E-state index contributed by atoms with van der Waals surface area (Å²) >= 11 is 0. The molecule has 28 heavy (non-hydrogen) atoms. The van der Waals surface area contributed by atoms with Crippen molar-refractivity contribution in [3.63, 3.8) is 0 Å². The smallest absolute Gasteiger partial charge is 0.354 e. The first-order valence-corrected chi connectivity index (χ1v) is 8.60. The first-order chi connectivity index (χ1) is 13.5. The Kier molecular flexibility index (Phi) is 5.73. The first kappa shape index (κ1) is 19.2. The number of nitrogens with one attached hydrogen (secondary N) is 2. The van der Waals surface area contributed by atoms with Crippen LogP contribution in [0.3, 0.4) is 0 Å². The van der Waals surface area contributed by atoms with Crippen molar-refractivity contribution in [2.75, 3.05) is 19.5 Å². The van der Waals surface area contributed by atoms with Gasteiger partial charge in [0.1, 0.15) is 5.70 Å². The average Bonchev–Trinajstić information content (AvgIpc) is 3.35. The standard InChI is InChI=1S/C19H20N4O5/c1-27-17(24)10-15(19(26)28-2)22-14-9-12(18(25)21-13-4-5-13)3-6-16(14)23-8-7-20-11-23/h3,6-11,13,22H,4-5H2,1-2H3,(H,21,25)/b15-10+. The zero-order valence-electron chi connectivity index (χ0n) is 15.5. The number of carbonyl (C=O) groups is 3. The molecule has 0 bridgehead atoms. The predicted molar refractivity (Wildman–Crippen MR) is 99.8 cm³/mol. The first-order valence-electron chi connectivity index (χ1n) is 8.60. The van der Waals surface area contributed by atoms with E-state index in [1.54, 1.807) is 41.5 Å². The molecule has 0 saturated heterocycles. The van der Waals surface area contributed by atoms with Crippen LogP contribution in [0.2, 0.25) is 0 Å². The SMILES string of the molecule is COC(=O)/C=C(/Nc1cc(C(=O)NC2CC2)ccc1-n1ccnc1)C(=O)OC. The molecule has 146 valence electrons. The van der Waals surface area contributed by atoms with Gasteiger partial charge in [0.15, 0.2) is 0 Å². The van der Waals surface area contributed by atoms with Gasteiger partial charge in [0.2, 0.25) is 0 Å². The number of nitrogens with zero attached hydrogens (tertiary/aromatic N) is 2. The number of ether oxygens (including phenoxy) is 2. The highest BCUT2D eigenvalue weighted by Gasteiger charge is 2.24. The van der Waals surface area contributed by atoms with Crippen molar-refractivity contribution in [3.8, 4) is 5.69 Å². The van der Waals surface area contributed by atoms with E-state index in [4.69, 9.17) is 4.74 Å². The monoisotopic (exact) mass is 384 g/mol. The van der Waals surface area contributed by atoms with Crippen LogP contribution in [-0.2, 0) is 19.1 Å². The van der Waals surface area contributed by atoms with E-state index in [2.05, 4.69) is 20.4 Å². The van der Waals surface area contributed by atoms with Gasteiger partial charge in [-0.05, 0) is 31.0 Å². The maximum Gasteiger partial charge on any atom is 0.354 e. The van der Waals surface area contributed by atoms with Crippen molar-refractivity contribution in [2.45, 2.75) is 18.9 Å². The minimum Gasteiger partial charge on any atom is -0.466 e. The summed E-state index contributed by atoms with van der Waals surface area (Å²) in [5, 5.41) is 5.79. The summed E-state index contributed by atoms with van der Waals surface area (Å²) in [5.41, 5.74) is 1.33. The number of carbonyl (C=O) groups excluding carboxylic acids is 3. The number of imidazole rings is 1. The molecule has 1 fully saturated rings. The molecule has 2 N–H and O–H groups in total. The van der Waals surface area contributed by atoms with E-state index in [9.17, 15) is 14.4 Å². The molecule has 1 aliphatic rings. The Bertz CT molecular complexity index is 916. The van der Waals surface area contributed by atoms with Crippen LogP contribution in [-0.4, -0.2) is 47.7 Å². The largest absolute Gasteiger partial charge is 0.466 e. The number of methoxy groups -OCH3 is 2. The van der Waals surface area contributed by atoms with Crippen LogP contribution < -0.4 is 10.6 Å². The van der Waals surface area contributed by atoms with Crippen LogP contribution in [0.15, 0.2) is 48.7 Å². The van der Waals surface area contributed by atoms with Gasteiger partial charge >= 0.3 is 11.9 Å². The van der Waals surface area contributed by atoms with Gasteiger partial charge < -0.3 is 24.7 Å². The van der Waals surface area contributed by atoms with E-state index in [1.807, 2.05) is 0 Å². The van der Waals surface area contributed by atoms with Gasteiger partial charge in [0.05, 0.1) is 38.0 Å². The summed E-state index contributed by atoms with van der Waals surface area (Å²) in [6.07, 6.45) is 7.82. The van der Waals surface area contributed by atoms with E-state index in [1.165, 1.54) is 14.2 Å². The molecule has 2 aromatic rings. The minimum absolute atomic E-state index is 0.129. The predicted octanol–water partition coefficient (Wildman–Crippen LogP) is 1.41. The van der Waals surface area contributed by atoms with Gasteiger partial charge in [-0.3, -0.25) is 4.79 Å². The molecular formula is C19H20N4O5. The van der Waals surface area contributed by atoms with Crippen molar-refractivity contribution in [2.24, 2.45) is 0 Å². The number of aromatic nitrogens is 2. The number of anilines is 1. The zero-order valence-corrected chi connectivity index (χ0v) is 15.5. The van der Waals surface area contributed by atoms with Crippen molar-refractivity contribution in [1.82, 2.24) is 14.9 Å². The normalized spacial score (nSPS) is 13.6. The molecule has 1 amide bonds. The third kappa shape index (κ3) is 4.56. The van der Waals surface area contributed by atoms with E-state index >= 15 is 0 Å². The molecule has 0 unspecified atom stereocenters. The molecule has 1 aromatic heterocycles. The van der Waals surface area contributed by atoms with Crippen molar-refractivity contribution in [1.29, 1.82) is 0 Å². The quantitative estimate of drug-likeness (QED) is 0.548. The molecule has 0 aliphatic heterocycles. The molecule has 3 rings (SSSR count). The third-order valence-electron chi connectivity index (χ3n) is 4.09. The number of hydrogen-bond acceptors (Lipinski definition) is 7. The highest BCUT2D eigenvalue weighted by molar-refractivity contribution is 6.00. The second kappa shape index (κ2) is 8.38. The number of hydrogen-bond donors (Lipinski definition) is 2. The summed E-state index contributed by atoms with van der Waals surface area (Å²) in [4.78, 5) is 40.1. The van der Waals surface area contributed by atoms with E-state index < -0.39 is 11.9 Å². The number of esters is 2. The fourth-order valence-corrected chi connectivity index (χ4v) is 2.48. The molecule has 1 heterocycles. The van der Waals surface area contributed by atoms with Crippen molar-refractivity contribution >= 4 is 23.5 Å². The molecule has 0 atom stereocenters. The Morgan fingerprint density at radius 1 is 1.21 bits per heavy atom. The molecular weight excluding hydrogens is 364 g/mol. The summed E-state index contributed by atoms with van der Waals surface area (Å²) in [7, 11) is 2.40. The van der Waals surface area contributed by atoms with Gasteiger partial charge in [0.25, 0.3) is 5.91 Å². The summed E-state index contributed by atoms with van der Waals surface area (Å²) in [6, 6.07) is 5.21. The highest BCUT2D eigenvalue weighted by atomic mass is 16.5. The fraction of sp³-hybridized carbons (Fsp3) is 0.263. The third-order valence-corrected chi connectivity index (χ3v) is 4.09. The van der Waals surface area contributed by atoms with Crippen LogP contribution >= 0.6 is 0 Å². The Morgan fingerprint density at radius 3 is 2.61 bits per heavy atom. The molecule has 0 radical (unpaired) electrons. The van der Waals surface area contributed by atoms with E-state index in [0.29, 0.717) is 16.9 Å². The highest BCUT2D eigenvalue weighted by Crippen LogP contribution is 2.25.